The van der Waals surface area contributed by atoms with Crippen LogP contribution in [0.2, 0.25) is 0 Å². The summed E-state index contributed by atoms with van der Waals surface area (Å²) in [5.41, 5.74) is 0. The Labute approximate surface area is 135 Å². The Kier molecular flexibility index (Phi) is 12.3. The Morgan fingerprint density at radius 1 is 0.565 bits per heavy atom. The average Bonchev–Trinajstić information content (AvgIpc) is 2.54. The quantitative estimate of drug-likeness (QED) is 0.303. The van der Waals surface area contributed by atoms with Gasteiger partial charge in [0.1, 0.15) is 0 Å². The fraction of sp³-hybridized carbons (Fsp3) is 0.733. The third kappa shape index (κ3) is 13.3. The molecule has 0 rings (SSSR count). The van der Waals surface area contributed by atoms with Gasteiger partial charge in [0, 0.05) is 25.7 Å². The lowest BCUT2D eigenvalue weighted by atomic mass is 10.1. The molecule has 132 valence electrons. The van der Waals surface area contributed by atoms with Crippen LogP contribution in [0.15, 0.2) is 0 Å². The molecule has 23 heavy (non-hydrogen) atoms. The van der Waals surface area contributed by atoms with E-state index < -0.39 is 23.9 Å². The highest BCUT2D eigenvalue weighted by molar-refractivity contribution is 5.71. The predicted octanol–water partition coefficient (Wildman–Crippen LogP) is 1.84. The van der Waals surface area contributed by atoms with Gasteiger partial charge in [-0.1, -0.05) is 20.3 Å². The van der Waals surface area contributed by atoms with Gasteiger partial charge in [-0.05, 0) is 12.8 Å². The third-order valence-electron chi connectivity index (χ3n) is 2.72. The normalized spacial score (nSPS) is 9.83. The van der Waals surface area contributed by atoms with Crippen molar-refractivity contribution >= 4 is 23.9 Å². The zero-order chi connectivity index (χ0) is 17.5. The van der Waals surface area contributed by atoms with Crippen molar-refractivity contribution in [1.82, 2.24) is 0 Å². The minimum absolute atomic E-state index is 0.187. The van der Waals surface area contributed by atoms with Crippen LogP contribution in [0.4, 0.5) is 0 Å². The molecular formula is C15H24O8. The standard InChI is InChI=1S/C15H24O8/c1-3-12(16)20-10-22-14(18)8-6-5-7-9-15(19)23-11-21-13(17)4-2/h3-11H2,1-2H3. The molecule has 8 heteroatoms. The van der Waals surface area contributed by atoms with E-state index in [1.165, 1.54) is 0 Å². The molecule has 0 saturated heterocycles. The van der Waals surface area contributed by atoms with Crippen molar-refractivity contribution in [3.05, 3.63) is 0 Å². The summed E-state index contributed by atoms with van der Waals surface area (Å²) in [5, 5.41) is 0. The van der Waals surface area contributed by atoms with Crippen LogP contribution in [-0.2, 0) is 38.1 Å². The zero-order valence-electron chi connectivity index (χ0n) is 13.6. The summed E-state index contributed by atoms with van der Waals surface area (Å²) in [6.07, 6.45) is 2.58. The van der Waals surface area contributed by atoms with Crippen molar-refractivity contribution < 1.29 is 38.1 Å². The molecule has 0 aromatic carbocycles. The van der Waals surface area contributed by atoms with Crippen LogP contribution in [0.5, 0.6) is 0 Å². The molecule has 0 unspecified atom stereocenters. The van der Waals surface area contributed by atoms with Crippen LogP contribution in [0.1, 0.15) is 58.8 Å². The van der Waals surface area contributed by atoms with Crippen LogP contribution in [0.3, 0.4) is 0 Å². The van der Waals surface area contributed by atoms with Crippen LogP contribution < -0.4 is 0 Å². The number of rotatable bonds is 12. The summed E-state index contributed by atoms with van der Waals surface area (Å²) < 4.78 is 18.6. The topological polar surface area (TPSA) is 105 Å². The maximum absolute atomic E-state index is 11.3. The SMILES string of the molecule is CCC(=O)OCOC(=O)CCCCCC(=O)OCOC(=O)CC. The first-order chi connectivity index (χ1) is 11.0. The first kappa shape index (κ1) is 20.9. The molecule has 0 bridgehead atoms. The molecule has 0 aliphatic rings. The van der Waals surface area contributed by atoms with Crippen molar-refractivity contribution in [2.45, 2.75) is 58.8 Å². The largest absolute Gasteiger partial charge is 0.428 e. The number of hydrogen-bond donors (Lipinski definition) is 0. The average molecular weight is 332 g/mol. The monoisotopic (exact) mass is 332 g/mol. The van der Waals surface area contributed by atoms with Crippen molar-refractivity contribution in [3.8, 4) is 0 Å². The first-order valence-electron chi connectivity index (χ1n) is 7.62. The van der Waals surface area contributed by atoms with E-state index in [-0.39, 0.29) is 39.3 Å². The highest BCUT2D eigenvalue weighted by Gasteiger charge is 2.07. The van der Waals surface area contributed by atoms with Gasteiger partial charge in [-0.25, -0.2) is 0 Å². The number of carbonyl (C=O) groups is 4. The fourth-order valence-corrected chi connectivity index (χ4v) is 1.39. The molecule has 0 spiro atoms. The van der Waals surface area contributed by atoms with E-state index in [0.29, 0.717) is 19.3 Å². The molecule has 0 aromatic rings. The minimum Gasteiger partial charge on any atom is -0.428 e. The molecule has 0 aliphatic carbocycles. The number of hydrogen-bond acceptors (Lipinski definition) is 8. The Morgan fingerprint density at radius 3 is 1.26 bits per heavy atom. The smallest absolute Gasteiger partial charge is 0.308 e. The fourth-order valence-electron chi connectivity index (χ4n) is 1.39. The maximum atomic E-state index is 11.3. The lowest BCUT2D eigenvalue weighted by Gasteiger charge is -2.06. The summed E-state index contributed by atoms with van der Waals surface area (Å²) in [6, 6.07) is 0. The lowest BCUT2D eigenvalue weighted by Crippen LogP contribution is -2.12. The summed E-state index contributed by atoms with van der Waals surface area (Å²) in [7, 11) is 0. The van der Waals surface area contributed by atoms with Gasteiger partial charge in [0.05, 0.1) is 0 Å². The molecule has 0 aliphatic heterocycles. The first-order valence-corrected chi connectivity index (χ1v) is 7.62. The van der Waals surface area contributed by atoms with E-state index in [2.05, 4.69) is 9.47 Å². The van der Waals surface area contributed by atoms with Gasteiger partial charge in [0.15, 0.2) is 0 Å². The van der Waals surface area contributed by atoms with Crippen molar-refractivity contribution in [3.63, 3.8) is 0 Å². The molecule has 0 fully saturated rings. The Hall–Kier alpha value is -2.12. The van der Waals surface area contributed by atoms with Gasteiger partial charge in [-0.2, -0.15) is 0 Å². The number of unbranched alkanes of at least 4 members (excludes halogenated alkanes) is 2. The van der Waals surface area contributed by atoms with Gasteiger partial charge >= 0.3 is 23.9 Å². The summed E-state index contributed by atoms with van der Waals surface area (Å²) in [4.78, 5) is 44.2. The van der Waals surface area contributed by atoms with Gasteiger partial charge in [0.25, 0.3) is 0 Å². The van der Waals surface area contributed by atoms with E-state index in [4.69, 9.17) is 9.47 Å². The van der Waals surface area contributed by atoms with Crippen LogP contribution in [0.25, 0.3) is 0 Å². The molecule has 0 heterocycles. The highest BCUT2D eigenvalue weighted by atomic mass is 16.7. The second-order valence-electron chi connectivity index (χ2n) is 4.57. The van der Waals surface area contributed by atoms with Crippen LogP contribution in [0, 0.1) is 0 Å². The second-order valence-corrected chi connectivity index (χ2v) is 4.57. The molecular weight excluding hydrogens is 308 g/mol. The summed E-state index contributed by atoms with van der Waals surface area (Å²) in [5.74, 6) is -1.77. The summed E-state index contributed by atoms with van der Waals surface area (Å²) in [6.45, 7) is 2.55. The van der Waals surface area contributed by atoms with E-state index >= 15 is 0 Å². The molecule has 0 radical (unpaired) electrons. The molecule has 0 aromatic heterocycles. The number of ether oxygens (including phenoxy) is 4. The van der Waals surface area contributed by atoms with Crippen molar-refractivity contribution in [2.24, 2.45) is 0 Å². The zero-order valence-corrected chi connectivity index (χ0v) is 13.6. The van der Waals surface area contributed by atoms with Gasteiger partial charge in [0.2, 0.25) is 13.6 Å². The predicted molar refractivity (Wildman–Crippen MR) is 77.8 cm³/mol. The van der Waals surface area contributed by atoms with Gasteiger partial charge < -0.3 is 18.9 Å². The second kappa shape index (κ2) is 13.5. The Balaban J connectivity index is 3.46. The summed E-state index contributed by atoms with van der Waals surface area (Å²) >= 11 is 0. The number of carbonyl (C=O) groups excluding carboxylic acids is 4. The van der Waals surface area contributed by atoms with E-state index in [1.54, 1.807) is 13.8 Å². The Bertz CT molecular complexity index is 355. The minimum atomic E-state index is -0.456. The van der Waals surface area contributed by atoms with Gasteiger partial charge in [-0.15, -0.1) is 0 Å². The Morgan fingerprint density at radius 2 is 0.913 bits per heavy atom. The van der Waals surface area contributed by atoms with E-state index in [9.17, 15) is 19.2 Å². The molecule has 0 amide bonds. The lowest BCUT2D eigenvalue weighted by molar-refractivity contribution is -0.168. The van der Waals surface area contributed by atoms with Crippen molar-refractivity contribution in [1.29, 1.82) is 0 Å². The van der Waals surface area contributed by atoms with Crippen LogP contribution >= 0.6 is 0 Å². The van der Waals surface area contributed by atoms with Gasteiger partial charge in [-0.3, -0.25) is 19.2 Å². The third-order valence-corrected chi connectivity index (χ3v) is 2.72. The maximum Gasteiger partial charge on any atom is 0.308 e. The number of esters is 4. The van der Waals surface area contributed by atoms with E-state index in [1.807, 2.05) is 0 Å². The van der Waals surface area contributed by atoms with E-state index in [0.717, 1.165) is 0 Å². The van der Waals surface area contributed by atoms with Crippen molar-refractivity contribution in [2.75, 3.05) is 13.6 Å². The molecule has 0 N–H and O–H groups in total. The molecule has 8 nitrogen and oxygen atoms in total. The molecule has 0 saturated carbocycles. The highest BCUT2D eigenvalue weighted by Crippen LogP contribution is 2.05. The van der Waals surface area contributed by atoms with Crippen LogP contribution in [-0.4, -0.2) is 37.5 Å². The molecule has 0 atom stereocenters.